The average molecular weight is 509 g/mol. The molecule has 156 valence electrons. The molecule has 2 N–H and O–H groups in total. The molecule has 2 rings (SSSR count). The van der Waals surface area contributed by atoms with Gasteiger partial charge in [-0.1, -0.05) is 13.8 Å². The Bertz CT molecular complexity index is 560. The summed E-state index contributed by atoms with van der Waals surface area (Å²) < 4.78 is 0. The van der Waals surface area contributed by atoms with Crippen LogP contribution in [-0.2, 0) is 6.54 Å². The first kappa shape index (κ1) is 24.4. The fraction of sp³-hybridized carbons (Fsp3) is 0.789. The van der Waals surface area contributed by atoms with Crippen molar-refractivity contribution >= 4 is 46.4 Å². The van der Waals surface area contributed by atoms with Crippen LogP contribution >= 0.6 is 35.3 Å². The first-order valence-corrected chi connectivity index (χ1v) is 10.7. The highest BCUT2D eigenvalue weighted by molar-refractivity contribution is 14.0. The summed E-state index contributed by atoms with van der Waals surface area (Å²) in [5.41, 5.74) is 1.02. The van der Waals surface area contributed by atoms with Crippen molar-refractivity contribution in [2.75, 3.05) is 51.7 Å². The van der Waals surface area contributed by atoms with E-state index in [9.17, 15) is 0 Å². The van der Waals surface area contributed by atoms with E-state index in [0.29, 0.717) is 12.5 Å². The van der Waals surface area contributed by atoms with E-state index in [-0.39, 0.29) is 24.0 Å². The number of hydrogen-bond acceptors (Lipinski definition) is 5. The minimum atomic E-state index is 0. The topological polar surface area (TPSA) is 55.8 Å². The van der Waals surface area contributed by atoms with Gasteiger partial charge in [-0.3, -0.25) is 0 Å². The number of thiazole rings is 1. The SMILES string of the molecule is CCNC(=NCc1csc(N(C)C)n1)NCC1CCCN(CC(C)C)C1.I. The number of halogens is 1. The molecule has 1 aliphatic rings. The molecule has 2 heterocycles. The van der Waals surface area contributed by atoms with Crippen molar-refractivity contribution in [3.8, 4) is 0 Å². The Labute approximate surface area is 186 Å². The summed E-state index contributed by atoms with van der Waals surface area (Å²) in [5, 5.41) is 10.0. The van der Waals surface area contributed by atoms with Gasteiger partial charge in [-0.2, -0.15) is 0 Å². The predicted octanol–water partition coefficient (Wildman–Crippen LogP) is 3.25. The molecule has 1 aliphatic heterocycles. The molecule has 27 heavy (non-hydrogen) atoms. The second-order valence-electron chi connectivity index (χ2n) is 7.75. The summed E-state index contributed by atoms with van der Waals surface area (Å²) in [6, 6.07) is 0. The number of rotatable bonds is 8. The molecule has 1 aromatic heterocycles. The number of hydrogen-bond donors (Lipinski definition) is 2. The lowest BCUT2D eigenvalue weighted by molar-refractivity contribution is 0.159. The van der Waals surface area contributed by atoms with E-state index in [0.717, 1.165) is 35.8 Å². The van der Waals surface area contributed by atoms with Crippen LogP contribution < -0.4 is 15.5 Å². The lowest BCUT2D eigenvalue weighted by Gasteiger charge is -2.34. The first-order chi connectivity index (χ1) is 12.5. The Morgan fingerprint density at radius 3 is 2.81 bits per heavy atom. The van der Waals surface area contributed by atoms with Crippen LogP contribution in [0.5, 0.6) is 0 Å². The molecule has 1 atom stereocenters. The molecule has 0 saturated carbocycles. The van der Waals surface area contributed by atoms with Crippen LogP contribution in [0.4, 0.5) is 5.13 Å². The quantitative estimate of drug-likeness (QED) is 0.321. The van der Waals surface area contributed by atoms with Crippen molar-refractivity contribution in [3.05, 3.63) is 11.1 Å². The van der Waals surface area contributed by atoms with Crippen molar-refractivity contribution in [2.24, 2.45) is 16.8 Å². The van der Waals surface area contributed by atoms with Crippen LogP contribution in [0.1, 0.15) is 39.3 Å². The maximum absolute atomic E-state index is 4.71. The second kappa shape index (κ2) is 12.8. The zero-order valence-electron chi connectivity index (χ0n) is 17.5. The molecular weight excluding hydrogens is 471 g/mol. The summed E-state index contributed by atoms with van der Waals surface area (Å²) in [7, 11) is 4.04. The van der Waals surface area contributed by atoms with Crippen LogP contribution in [0.15, 0.2) is 10.4 Å². The summed E-state index contributed by atoms with van der Waals surface area (Å²) in [5.74, 6) is 2.34. The van der Waals surface area contributed by atoms with E-state index in [2.05, 4.69) is 46.7 Å². The van der Waals surface area contributed by atoms with E-state index in [4.69, 9.17) is 4.99 Å². The highest BCUT2D eigenvalue weighted by Gasteiger charge is 2.20. The molecule has 1 aromatic rings. The number of guanidine groups is 1. The van der Waals surface area contributed by atoms with E-state index in [1.54, 1.807) is 11.3 Å². The molecule has 8 heteroatoms. The van der Waals surface area contributed by atoms with E-state index in [1.165, 1.54) is 32.5 Å². The largest absolute Gasteiger partial charge is 0.357 e. The van der Waals surface area contributed by atoms with Crippen molar-refractivity contribution in [1.82, 2.24) is 20.5 Å². The van der Waals surface area contributed by atoms with Crippen molar-refractivity contribution in [2.45, 2.75) is 40.2 Å². The van der Waals surface area contributed by atoms with Gasteiger partial charge in [0.2, 0.25) is 0 Å². The molecular formula is C19H37IN6S. The molecule has 0 bridgehead atoms. The molecule has 0 aliphatic carbocycles. The number of piperidine rings is 1. The summed E-state index contributed by atoms with van der Waals surface area (Å²) in [4.78, 5) is 14.0. The number of anilines is 1. The monoisotopic (exact) mass is 508 g/mol. The molecule has 6 nitrogen and oxygen atoms in total. The van der Waals surface area contributed by atoms with Gasteiger partial charge >= 0.3 is 0 Å². The Balaban J connectivity index is 0.00000364. The Hall–Kier alpha value is -0.610. The molecule has 0 aromatic carbocycles. The summed E-state index contributed by atoms with van der Waals surface area (Å²) >= 11 is 1.66. The Morgan fingerprint density at radius 1 is 1.41 bits per heavy atom. The zero-order chi connectivity index (χ0) is 18.9. The Kier molecular flexibility index (Phi) is 11.6. The third kappa shape index (κ3) is 8.95. The van der Waals surface area contributed by atoms with E-state index in [1.807, 2.05) is 19.0 Å². The third-order valence-corrected chi connectivity index (χ3v) is 5.51. The molecule has 1 fully saturated rings. The highest BCUT2D eigenvalue weighted by Crippen LogP contribution is 2.18. The van der Waals surface area contributed by atoms with Crippen LogP contribution in [0.2, 0.25) is 0 Å². The number of nitrogens with zero attached hydrogens (tertiary/aromatic N) is 4. The number of aromatic nitrogens is 1. The summed E-state index contributed by atoms with van der Waals surface area (Å²) in [6.45, 7) is 12.8. The van der Waals surface area contributed by atoms with Crippen LogP contribution in [0.25, 0.3) is 0 Å². The van der Waals surface area contributed by atoms with Gasteiger partial charge in [-0.15, -0.1) is 35.3 Å². The van der Waals surface area contributed by atoms with Crippen LogP contribution in [0.3, 0.4) is 0 Å². The average Bonchev–Trinajstić information content (AvgIpc) is 3.06. The van der Waals surface area contributed by atoms with Gasteiger partial charge in [0.05, 0.1) is 12.2 Å². The van der Waals surface area contributed by atoms with Gasteiger partial charge in [-0.25, -0.2) is 9.98 Å². The van der Waals surface area contributed by atoms with Crippen LogP contribution in [0, 0.1) is 11.8 Å². The smallest absolute Gasteiger partial charge is 0.191 e. The molecule has 1 unspecified atom stereocenters. The van der Waals surface area contributed by atoms with Gasteiger partial charge in [0.25, 0.3) is 0 Å². The number of aliphatic imine (C=N–C) groups is 1. The summed E-state index contributed by atoms with van der Waals surface area (Å²) in [6.07, 6.45) is 2.61. The fourth-order valence-corrected chi connectivity index (χ4v) is 4.07. The minimum Gasteiger partial charge on any atom is -0.357 e. The molecule has 1 saturated heterocycles. The molecule has 0 radical (unpaired) electrons. The molecule has 0 amide bonds. The predicted molar refractivity (Wildman–Crippen MR) is 129 cm³/mol. The van der Waals surface area contributed by atoms with Gasteiger partial charge in [0.1, 0.15) is 0 Å². The van der Waals surface area contributed by atoms with E-state index >= 15 is 0 Å². The van der Waals surface area contributed by atoms with Gasteiger partial charge in [0.15, 0.2) is 11.1 Å². The highest BCUT2D eigenvalue weighted by atomic mass is 127. The van der Waals surface area contributed by atoms with Crippen LogP contribution in [-0.4, -0.2) is 62.7 Å². The van der Waals surface area contributed by atoms with Gasteiger partial charge in [-0.05, 0) is 38.1 Å². The standard InChI is InChI=1S/C19H36N6S.HI/c1-6-20-18(22-11-17-14-26-19(23-17)24(4)5)21-10-16-8-7-9-25(13-16)12-15(2)3;/h14-16H,6-13H2,1-5H3,(H2,20,21,22);1H. The zero-order valence-corrected chi connectivity index (χ0v) is 20.6. The minimum absolute atomic E-state index is 0. The third-order valence-electron chi connectivity index (χ3n) is 4.45. The van der Waals surface area contributed by atoms with Gasteiger partial charge < -0.3 is 20.4 Å². The number of likely N-dealkylation sites (tertiary alicyclic amines) is 1. The first-order valence-electron chi connectivity index (χ1n) is 9.84. The van der Waals surface area contributed by atoms with Crippen molar-refractivity contribution < 1.29 is 0 Å². The van der Waals surface area contributed by atoms with Crippen molar-refractivity contribution in [3.63, 3.8) is 0 Å². The van der Waals surface area contributed by atoms with Gasteiger partial charge in [0, 0.05) is 45.7 Å². The maximum Gasteiger partial charge on any atom is 0.191 e. The number of nitrogens with one attached hydrogen (secondary N) is 2. The molecule has 0 spiro atoms. The Morgan fingerprint density at radius 2 is 2.19 bits per heavy atom. The maximum atomic E-state index is 4.71. The fourth-order valence-electron chi connectivity index (χ4n) is 3.32. The van der Waals surface area contributed by atoms with Crippen molar-refractivity contribution in [1.29, 1.82) is 0 Å². The lowest BCUT2D eigenvalue weighted by atomic mass is 9.97. The lowest BCUT2D eigenvalue weighted by Crippen LogP contribution is -2.45. The second-order valence-corrected chi connectivity index (χ2v) is 8.59. The normalized spacial score (nSPS) is 18.3. The van der Waals surface area contributed by atoms with E-state index < -0.39 is 0 Å².